The van der Waals surface area contributed by atoms with Gasteiger partial charge in [-0.1, -0.05) is 290 Å². The second-order valence-electron chi connectivity index (χ2n) is 18.9. The van der Waals surface area contributed by atoms with E-state index in [0.29, 0.717) is 0 Å². The fourth-order valence-corrected chi connectivity index (χ4v) is 9.14. The molecule has 1 nitrogen and oxygen atoms in total. The summed E-state index contributed by atoms with van der Waals surface area (Å²) < 4.78 is 0. The zero-order valence-electron chi connectivity index (χ0n) is 40.4. The Labute approximate surface area is 401 Å². The Morgan fingerprint density at radius 2 is 0.281 bits per heavy atom. The van der Waals surface area contributed by atoms with Gasteiger partial charge in [-0.2, -0.15) is 0 Å². The Hall–Kier alpha value is 1.61. The molecule has 0 aliphatic heterocycles. The quantitative estimate of drug-likeness (QED) is 0.0352. The van der Waals surface area contributed by atoms with Crippen molar-refractivity contribution in [2.45, 2.75) is 329 Å². The molecule has 3 heteroatoms. The topological polar surface area (TPSA) is 4.44 Å². The third kappa shape index (κ3) is 57.6. The van der Waals surface area contributed by atoms with Crippen molar-refractivity contribution in [2.75, 3.05) is 19.6 Å². The molecule has 0 saturated heterocycles. The van der Waals surface area contributed by atoms with Crippen LogP contribution in [0.1, 0.15) is 329 Å². The van der Waals surface area contributed by atoms with Crippen LogP contribution in [0, 0.1) is 0 Å². The van der Waals surface area contributed by atoms with E-state index in [9.17, 15) is 0 Å². The standard InChI is InChI=1S/C54H111N.HI.Pb/c1-4-7-10-13-16-19-22-25-28-31-34-37-40-43-46-49-52-55(53-50-47-44-41-38-35-32-29-26-23-20-17-14-11-8-5-2)54-51-48-45-42-39-36-33-30-27-24-21-18-15-12-9-6-3;;/h4-54H2,1-3H3;1H;. The summed E-state index contributed by atoms with van der Waals surface area (Å²) in [6, 6.07) is 0. The number of hydrogen-bond acceptors (Lipinski definition) is 0. The van der Waals surface area contributed by atoms with E-state index < -0.39 is 0 Å². The van der Waals surface area contributed by atoms with Gasteiger partial charge in [0.1, 0.15) is 0 Å². The van der Waals surface area contributed by atoms with E-state index in [1.807, 2.05) is 4.90 Å². The fraction of sp³-hybridized carbons (Fsp3) is 1.00. The summed E-state index contributed by atoms with van der Waals surface area (Å²) in [6.45, 7) is 11.3. The summed E-state index contributed by atoms with van der Waals surface area (Å²) >= 11 is 0. The van der Waals surface area contributed by atoms with Crippen molar-refractivity contribution < 1.29 is 28.9 Å². The van der Waals surface area contributed by atoms with Crippen LogP contribution in [0.3, 0.4) is 0 Å². The maximum Gasteiger partial charge on any atom is 0.0770 e. The van der Waals surface area contributed by atoms with Crippen LogP contribution in [0.25, 0.3) is 0 Å². The van der Waals surface area contributed by atoms with Crippen molar-refractivity contribution in [3.05, 3.63) is 0 Å². The van der Waals surface area contributed by atoms with E-state index in [1.165, 1.54) is 328 Å². The van der Waals surface area contributed by atoms with Crippen molar-refractivity contribution in [1.82, 2.24) is 0 Å². The van der Waals surface area contributed by atoms with Crippen LogP contribution in [0.5, 0.6) is 0 Å². The summed E-state index contributed by atoms with van der Waals surface area (Å²) in [4.78, 5) is 1.96. The molecule has 0 aliphatic rings. The number of hydrogen-bond donors (Lipinski definition) is 1. The van der Waals surface area contributed by atoms with Crippen molar-refractivity contribution in [3.63, 3.8) is 0 Å². The minimum atomic E-state index is 0. The summed E-state index contributed by atoms with van der Waals surface area (Å²) in [7, 11) is 0. The molecule has 0 aliphatic carbocycles. The first-order chi connectivity index (χ1) is 27.3. The molecule has 0 amide bonds. The number of nitrogens with one attached hydrogen (secondary N) is 1. The first kappa shape index (κ1) is 62.9. The second kappa shape index (κ2) is 59.7. The van der Waals surface area contributed by atoms with Crippen molar-refractivity contribution in [1.29, 1.82) is 0 Å². The summed E-state index contributed by atoms with van der Waals surface area (Å²) in [5.41, 5.74) is 0. The summed E-state index contributed by atoms with van der Waals surface area (Å²) in [5.74, 6) is 0. The molecule has 0 aromatic carbocycles. The van der Waals surface area contributed by atoms with E-state index in [4.69, 9.17) is 0 Å². The molecular weight excluding hydrogens is 997 g/mol. The van der Waals surface area contributed by atoms with Gasteiger partial charge in [-0.15, -0.1) is 0 Å². The third-order valence-corrected chi connectivity index (χ3v) is 13.2. The number of quaternary nitrogens is 1. The number of rotatable bonds is 51. The zero-order chi connectivity index (χ0) is 39.6. The minimum Gasteiger partial charge on any atom is -1.00 e. The van der Waals surface area contributed by atoms with E-state index in [0.717, 1.165) is 0 Å². The van der Waals surface area contributed by atoms with Crippen LogP contribution in [-0.4, -0.2) is 46.9 Å². The molecule has 57 heavy (non-hydrogen) atoms. The molecular formula is C54H112INPb. The van der Waals surface area contributed by atoms with E-state index in [1.54, 1.807) is 0 Å². The zero-order valence-corrected chi connectivity index (χ0v) is 46.5. The van der Waals surface area contributed by atoms with Crippen LogP contribution in [0.2, 0.25) is 0 Å². The Balaban J connectivity index is -0.0000146. The van der Waals surface area contributed by atoms with Gasteiger partial charge in [0.2, 0.25) is 0 Å². The van der Waals surface area contributed by atoms with Crippen LogP contribution >= 0.6 is 0 Å². The average molecular weight is 1110 g/mol. The molecule has 0 aromatic heterocycles. The van der Waals surface area contributed by atoms with E-state index in [2.05, 4.69) is 20.8 Å². The van der Waals surface area contributed by atoms with Gasteiger partial charge in [-0.25, -0.2) is 0 Å². The normalized spacial score (nSPS) is 11.4. The van der Waals surface area contributed by atoms with Crippen LogP contribution in [-0.2, 0) is 0 Å². The minimum absolute atomic E-state index is 0. The molecule has 1 N–H and O–H groups in total. The molecule has 0 atom stereocenters. The molecule has 0 unspecified atom stereocenters. The first-order valence-corrected chi connectivity index (χ1v) is 27.2. The third-order valence-electron chi connectivity index (χ3n) is 13.2. The van der Waals surface area contributed by atoms with Crippen LogP contribution < -0.4 is 28.9 Å². The van der Waals surface area contributed by atoms with Gasteiger partial charge in [0.15, 0.2) is 0 Å². The Kier molecular flexibility index (Phi) is 65.9. The van der Waals surface area contributed by atoms with Gasteiger partial charge < -0.3 is 28.9 Å². The van der Waals surface area contributed by atoms with Gasteiger partial charge in [-0.05, 0) is 38.5 Å². The van der Waals surface area contributed by atoms with Crippen LogP contribution in [0.15, 0.2) is 0 Å². The molecule has 0 heterocycles. The number of unbranched alkanes of at least 4 members (excludes halogenated alkanes) is 45. The van der Waals surface area contributed by atoms with Crippen LogP contribution in [0.4, 0.5) is 0 Å². The number of halogens is 1. The van der Waals surface area contributed by atoms with Gasteiger partial charge in [-0.3, -0.25) is 0 Å². The average Bonchev–Trinajstić information content (AvgIpc) is 3.20. The molecule has 344 valence electrons. The van der Waals surface area contributed by atoms with E-state index in [-0.39, 0.29) is 51.3 Å². The van der Waals surface area contributed by atoms with Crippen molar-refractivity contribution in [2.24, 2.45) is 0 Å². The van der Waals surface area contributed by atoms with Gasteiger partial charge in [0, 0.05) is 27.3 Å². The largest absolute Gasteiger partial charge is 1.00 e. The molecule has 0 rings (SSSR count). The molecule has 0 aromatic rings. The Morgan fingerprint density at radius 3 is 0.404 bits per heavy atom. The van der Waals surface area contributed by atoms with Gasteiger partial charge >= 0.3 is 0 Å². The molecule has 0 spiro atoms. The second-order valence-corrected chi connectivity index (χ2v) is 18.9. The first-order valence-electron chi connectivity index (χ1n) is 27.2. The molecule has 0 bridgehead atoms. The van der Waals surface area contributed by atoms with Gasteiger partial charge in [0.25, 0.3) is 0 Å². The Morgan fingerprint density at radius 1 is 0.175 bits per heavy atom. The molecule has 0 saturated carbocycles. The molecule has 4 radical (unpaired) electrons. The summed E-state index contributed by atoms with van der Waals surface area (Å²) in [6.07, 6.45) is 70.9. The maximum absolute atomic E-state index is 2.32. The van der Waals surface area contributed by atoms with E-state index >= 15 is 0 Å². The SMILES string of the molecule is CCCCCCCCCCCCCCCCCC[NH+](CCCCCCCCCCCCCCCCCC)CCCCCCCCCCCCCCCCCC.[I-].[Pb]. The fourth-order valence-electron chi connectivity index (χ4n) is 9.14. The monoisotopic (exact) mass is 1110 g/mol. The predicted molar refractivity (Wildman–Crippen MR) is 260 cm³/mol. The molecule has 0 fully saturated rings. The predicted octanol–water partition coefficient (Wildman–Crippen LogP) is 15.3. The van der Waals surface area contributed by atoms with Crippen molar-refractivity contribution in [3.8, 4) is 0 Å². The van der Waals surface area contributed by atoms with Crippen molar-refractivity contribution >= 4 is 27.3 Å². The summed E-state index contributed by atoms with van der Waals surface area (Å²) in [5, 5.41) is 0. The smallest absolute Gasteiger partial charge is 0.0770 e. The maximum atomic E-state index is 2.32. The Bertz CT molecular complexity index is 558. The van der Waals surface area contributed by atoms with Gasteiger partial charge in [0.05, 0.1) is 19.6 Å².